The number of benzene rings is 5. The minimum atomic E-state index is 1.20. The first kappa shape index (κ1) is 19.2. The number of aryl methyl sites for hydroxylation is 2. The van der Waals surface area contributed by atoms with E-state index in [1.807, 2.05) is 0 Å². The van der Waals surface area contributed by atoms with Crippen molar-refractivity contribution < 1.29 is 0 Å². The first-order valence-corrected chi connectivity index (χ1v) is 11.8. The molecular weight excluding hydrogens is 412 g/mol. The van der Waals surface area contributed by atoms with Gasteiger partial charge in [0.1, 0.15) is 0 Å². The Balaban J connectivity index is 1.72. The maximum Gasteiger partial charge on any atom is 0.0548 e. The van der Waals surface area contributed by atoms with Gasteiger partial charge < -0.3 is 9.13 Å². The highest BCUT2D eigenvalue weighted by Gasteiger charge is 2.20. The van der Waals surface area contributed by atoms with Crippen molar-refractivity contribution in [3.63, 3.8) is 0 Å². The van der Waals surface area contributed by atoms with Gasteiger partial charge in [-0.3, -0.25) is 0 Å². The second-order valence-electron chi connectivity index (χ2n) is 9.24. The van der Waals surface area contributed by atoms with Gasteiger partial charge in [0.15, 0.2) is 0 Å². The van der Waals surface area contributed by atoms with Crippen LogP contribution in [0, 0.1) is 13.8 Å². The van der Waals surface area contributed by atoms with Gasteiger partial charge in [-0.15, -0.1) is 0 Å². The third kappa shape index (κ3) is 2.63. The average Bonchev–Trinajstić information content (AvgIpc) is 3.37. The van der Waals surface area contributed by atoms with Crippen LogP contribution in [0.5, 0.6) is 0 Å². The summed E-state index contributed by atoms with van der Waals surface area (Å²) in [4.78, 5) is 0. The fourth-order valence-corrected chi connectivity index (χ4v) is 5.61. The molecule has 162 valence electrons. The van der Waals surface area contributed by atoms with Gasteiger partial charge in [0.2, 0.25) is 0 Å². The molecule has 0 amide bonds. The van der Waals surface area contributed by atoms with E-state index in [2.05, 4.69) is 132 Å². The highest BCUT2D eigenvalue weighted by Crippen LogP contribution is 2.42. The van der Waals surface area contributed by atoms with Crippen LogP contribution in [0.15, 0.2) is 109 Å². The summed E-state index contributed by atoms with van der Waals surface area (Å²) in [6.45, 7) is 4.32. The fraction of sp³-hybridized carbons (Fsp3) is 0.0625. The number of hydrogen-bond donors (Lipinski definition) is 0. The van der Waals surface area contributed by atoms with Gasteiger partial charge in [-0.05, 0) is 73.5 Å². The maximum absolute atomic E-state index is 2.41. The summed E-state index contributed by atoms with van der Waals surface area (Å²) in [5, 5.41) is 5.21. The van der Waals surface area contributed by atoms with E-state index in [4.69, 9.17) is 0 Å². The van der Waals surface area contributed by atoms with Crippen LogP contribution in [-0.2, 0) is 0 Å². The van der Waals surface area contributed by atoms with Gasteiger partial charge in [0.25, 0.3) is 0 Å². The van der Waals surface area contributed by atoms with Crippen LogP contribution in [-0.4, -0.2) is 9.13 Å². The quantitative estimate of drug-likeness (QED) is 0.257. The molecule has 0 aliphatic carbocycles. The van der Waals surface area contributed by atoms with Crippen LogP contribution < -0.4 is 0 Å². The molecule has 0 spiro atoms. The zero-order valence-electron chi connectivity index (χ0n) is 19.3. The first-order chi connectivity index (χ1) is 16.7. The zero-order chi connectivity index (χ0) is 22.8. The smallest absolute Gasteiger partial charge is 0.0548 e. The molecule has 0 saturated heterocycles. The normalized spacial score (nSPS) is 11.8. The van der Waals surface area contributed by atoms with Crippen molar-refractivity contribution in [2.45, 2.75) is 13.8 Å². The minimum absolute atomic E-state index is 1.20. The third-order valence-corrected chi connectivity index (χ3v) is 6.99. The summed E-state index contributed by atoms with van der Waals surface area (Å²) < 4.78 is 4.83. The fourth-order valence-electron chi connectivity index (χ4n) is 5.61. The lowest BCUT2D eigenvalue weighted by molar-refractivity contribution is 1.16. The van der Waals surface area contributed by atoms with Gasteiger partial charge in [0.05, 0.1) is 22.1 Å². The molecule has 2 aromatic heterocycles. The van der Waals surface area contributed by atoms with Gasteiger partial charge in [-0.2, -0.15) is 0 Å². The molecule has 0 saturated carbocycles. The van der Waals surface area contributed by atoms with Crippen LogP contribution in [0.25, 0.3) is 55.0 Å². The Hall–Kier alpha value is -4.30. The zero-order valence-corrected chi connectivity index (χ0v) is 19.3. The lowest BCUT2D eigenvalue weighted by atomic mass is 10.1. The molecule has 2 heterocycles. The Morgan fingerprint density at radius 3 is 1.29 bits per heavy atom. The van der Waals surface area contributed by atoms with Gasteiger partial charge in [-0.25, -0.2) is 0 Å². The van der Waals surface area contributed by atoms with Gasteiger partial charge in [-0.1, -0.05) is 60.7 Å². The molecule has 34 heavy (non-hydrogen) atoms. The monoisotopic (exact) mass is 436 g/mol. The summed E-state index contributed by atoms with van der Waals surface area (Å²) in [5.41, 5.74) is 9.89. The maximum atomic E-state index is 2.41. The molecule has 0 N–H and O–H groups in total. The third-order valence-electron chi connectivity index (χ3n) is 6.99. The molecule has 7 aromatic rings. The predicted molar refractivity (Wildman–Crippen MR) is 145 cm³/mol. The van der Waals surface area contributed by atoms with Crippen LogP contribution in [0.4, 0.5) is 0 Å². The van der Waals surface area contributed by atoms with E-state index >= 15 is 0 Å². The van der Waals surface area contributed by atoms with Gasteiger partial charge in [0, 0.05) is 32.9 Å². The summed E-state index contributed by atoms with van der Waals surface area (Å²) in [5.74, 6) is 0. The largest absolute Gasteiger partial charge is 0.309 e. The van der Waals surface area contributed by atoms with E-state index in [1.165, 1.54) is 66.1 Å². The van der Waals surface area contributed by atoms with Crippen molar-refractivity contribution in [3.05, 3.63) is 120 Å². The molecule has 2 nitrogen and oxygen atoms in total. The molecule has 7 rings (SSSR count). The minimum Gasteiger partial charge on any atom is -0.309 e. The van der Waals surface area contributed by atoms with E-state index in [1.54, 1.807) is 0 Å². The highest BCUT2D eigenvalue weighted by molar-refractivity contribution is 6.28. The Morgan fingerprint density at radius 1 is 0.412 bits per heavy atom. The van der Waals surface area contributed by atoms with E-state index in [0.29, 0.717) is 0 Å². The van der Waals surface area contributed by atoms with Crippen molar-refractivity contribution >= 4 is 43.6 Å². The topological polar surface area (TPSA) is 9.86 Å². The summed E-state index contributed by atoms with van der Waals surface area (Å²) in [6, 6.07) is 39.8. The lowest BCUT2D eigenvalue weighted by Gasteiger charge is -2.10. The molecule has 0 unspecified atom stereocenters. The number of hydrogen-bond acceptors (Lipinski definition) is 0. The Labute approximate surface area is 198 Å². The predicted octanol–water partition coefficient (Wildman–Crippen LogP) is 8.50. The van der Waals surface area contributed by atoms with E-state index < -0.39 is 0 Å². The highest BCUT2D eigenvalue weighted by atomic mass is 15.0. The second kappa shape index (κ2) is 7.10. The number of fused-ring (bicyclic) bond motifs is 7. The van der Waals surface area contributed by atoms with Crippen LogP contribution in [0.3, 0.4) is 0 Å². The Bertz CT molecular complexity index is 1740. The summed E-state index contributed by atoms with van der Waals surface area (Å²) >= 11 is 0. The molecule has 0 bridgehead atoms. The van der Waals surface area contributed by atoms with Crippen molar-refractivity contribution in [1.29, 1.82) is 0 Å². The number of para-hydroxylation sites is 2. The second-order valence-corrected chi connectivity index (χ2v) is 9.24. The molecule has 0 radical (unpaired) electrons. The van der Waals surface area contributed by atoms with Crippen LogP contribution in [0.1, 0.15) is 11.1 Å². The molecule has 0 aliphatic rings. The standard InChI is InChI=1S/C32H24N2/c1-21-9-7-11-23(19-21)33-27-15-5-3-13-25(27)31-29(33)17-18-30-32(31)26-14-4-6-16-28(26)34(30)24-12-8-10-22(2)20-24/h3-20H,1-2H3. The Kier molecular flexibility index (Phi) is 4.01. The van der Waals surface area contributed by atoms with Crippen LogP contribution in [0.2, 0.25) is 0 Å². The van der Waals surface area contributed by atoms with E-state index in [0.717, 1.165) is 0 Å². The van der Waals surface area contributed by atoms with Gasteiger partial charge >= 0.3 is 0 Å². The van der Waals surface area contributed by atoms with Crippen molar-refractivity contribution in [3.8, 4) is 11.4 Å². The van der Waals surface area contributed by atoms with E-state index in [-0.39, 0.29) is 0 Å². The molecule has 2 heteroatoms. The molecule has 5 aromatic carbocycles. The van der Waals surface area contributed by atoms with Crippen molar-refractivity contribution in [2.24, 2.45) is 0 Å². The van der Waals surface area contributed by atoms with E-state index in [9.17, 15) is 0 Å². The number of aromatic nitrogens is 2. The lowest BCUT2D eigenvalue weighted by Crippen LogP contribution is -1.95. The number of nitrogens with zero attached hydrogens (tertiary/aromatic N) is 2. The first-order valence-electron chi connectivity index (χ1n) is 11.8. The average molecular weight is 437 g/mol. The van der Waals surface area contributed by atoms with Crippen LogP contribution >= 0.6 is 0 Å². The Morgan fingerprint density at radius 2 is 0.853 bits per heavy atom. The molecule has 0 fully saturated rings. The SMILES string of the molecule is Cc1cccc(-n2c3ccccc3c3c4c5ccccc5n(-c5cccc(C)c5)c4ccc32)c1. The summed E-state index contributed by atoms with van der Waals surface area (Å²) in [7, 11) is 0. The van der Waals surface area contributed by atoms with Crippen molar-refractivity contribution in [2.75, 3.05) is 0 Å². The number of rotatable bonds is 2. The molecule has 0 atom stereocenters. The molecular formula is C32H24N2. The molecule has 0 aliphatic heterocycles. The van der Waals surface area contributed by atoms with Crippen molar-refractivity contribution in [1.82, 2.24) is 9.13 Å². The summed E-state index contributed by atoms with van der Waals surface area (Å²) in [6.07, 6.45) is 0.